The van der Waals surface area contributed by atoms with Crippen LogP contribution in [0.2, 0.25) is 0 Å². The van der Waals surface area contributed by atoms with Crippen LogP contribution in [0.25, 0.3) is 22.1 Å². The van der Waals surface area contributed by atoms with Gasteiger partial charge in [-0.3, -0.25) is 4.79 Å². The normalized spacial score (nSPS) is 12.2. The van der Waals surface area contributed by atoms with Crippen LogP contribution >= 0.6 is 0 Å². The predicted molar refractivity (Wildman–Crippen MR) is 141 cm³/mol. The van der Waals surface area contributed by atoms with Crippen molar-refractivity contribution in [2.45, 2.75) is 19.4 Å². The highest BCUT2D eigenvalue weighted by molar-refractivity contribution is 5.97. The summed E-state index contributed by atoms with van der Waals surface area (Å²) in [5.74, 6) is 2.21. The lowest BCUT2D eigenvalue weighted by Gasteiger charge is -2.11. The minimum absolute atomic E-state index is 0.123. The number of phenolic OH excluding ortho intramolecular Hbond substituents is 1. The Balaban J connectivity index is 1.27. The van der Waals surface area contributed by atoms with Crippen LogP contribution in [0.5, 0.6) is 11.5 Å². The van der Waals surface area contributed by atoms with E-state index in [9.17, 15) is 9.90 Å². The van der Waals surface area contributed by atoms with Gasteiger partial charge in [0.15, 0.2) is 0 Å². The van der Waals surface area contributed by atoms with Gasteiger partial charge in [-0.1, -0.05) is 18.2 Å². The molecule has 0 aliphatic rings. The number of carbonyl (C=O) groups excluding carboxylic acids is 1. The standard InChI is InChI=1S/C28H29N5O4/c1-17(26-30-21-11-9-20(34)15-23(21)31-26)27-32-22-10-8-18(14-24(22)33(27)2)28(35)29-12-13-37-25-7-5-4-6-19(25)16-36-3/h4-11,14-15,17,34H,12-13,16H2,1-3H3,(H,29,35)(H,30,31). The molecule has 2 heterocycles. The first-order valence-corrected chi connectivity index (χ1v) is 12.1. The molecule has 0 aliphatic carbocycles. The highest BCUT2D eigenvalue weighted by Crippen LogP contribution is 2.28. The second-order valence-corrected chi connectivity index (χ2v) is 8.92. The van der Waals surface area contributed by atoms with E-state index in [1.54, 1.807) is 31.4 Å². The molecule has 37 heavy (non-hydrogen) atoms. The first-order chi connectivity index (χ1) is 17.9. The molecule has 1 amide bonds. The predicted octanol–water partition coefficient (Wildman–Crippen LogP) is 4.26. The molecule has 1 unspecified atom stereocenters. The molecule has 0 fully saturated rings. The lowest BCUT2D eigenvalue weighted by Crippen LogP contribution is -2.28. The third-order valence-corrected chi connectivity index (χ3v) is 6.38. The highest BCUT2D eigenvalue weighted by Gasteiger charge is 2.20. The van der Waals surface area contributed by atoms with Gasteiger partial charge in [0.05, 0.1) is 41.1 Å². The number of rotatable bonds is 9. The minimum Gasteiger partial charge on any atom is -0.508 e. The number of hydrogen-bond donors (Lipinski definition) is 3. The van der Waals surface area contributed by atoms with Crippen molar-refractivity contribution in [3.05, 3.63) is 83.4 Å². The van der Waals surface area contributed by atoms with Gasteiger partial charge in [-0.15, -0.1) is 0 Å². The lowest BCUT2D eigenvalue weighted by molar-refractivity contribution is 0.0946. The zero-order valence-corrected chi connectivity index (χ0v) is 21.0. The lowest BCUT2D eigenvalue weighted by atomic mass is 10.1. The number of phenols is 1. The van der Waals surface area contributed by atoms with Crippen LogP contribution in [0.4, 0.5) is 0 Å². The molecule has 9 nitrogen and oxygen atoms in total. The number of aryl methyl sites for hydroxylation is 1. The summed E-state index contributed by atoms with van der Waals surface area (Å²) in [6.45, 7) is 3.20. The van der Waals surface area contributed by atoms with Crippen LogP contribution in [-0.4, -0.2) is 50.8 Å². The van der Waals surface area contributed by atoms with E-state index in [0.29, 0.717) is 25.3 Å². The maximum atomic E-state index is 12.8. The van der Waals surface area contributed by atoms with E-state index in [1.165, 1.54) is 0 Å². The number of carbonyl (C=O) groups is 1. The van der Waals surface area contributed by atoms with Crippen molar-refractivity contribution in [3.8, 4) is 11.5 Å². The summed E-state index contributed by atoms with van der Waals surface area (Å²) in [4.78, 5) is 25.6. The van der Waals surface area contributed by atoms with Gasteiger partial charge in [0.1, 0.15) is 29.8 Å². The number of aromatic nitrogens is 4. The Hall–Kier alpha value is -4.37. The van der Waals surface area contributed by atoms with E-state index in [-0.39, 0.29) is 17.6 Å². The number of methoxy groups -OCH3 is 1. The molecule has 9 heteroatoms. The van der Waals surface area contributed by atoms with Gasteiger partial charge in [-0.25, -0.2) is 9.97 Å². The maximum Gasteiger partial charge on any atom is 0.251 e. The third-order valence-electron chi connectivity index (χ3n) is 6.38. The topological polar surface area (TPSA) is 114 Å². The Morgan fingerprint density at radius 3 is 2.76 bits per heavy atom. The van der Waals surface area contributed by atoms with Crippen LogP contribution in [0, 0.1) is 0 Å². The van der Waals surface area contributed by atoms with Crippen molar-refractivity contribution >= 4 is 28.0 Å². The molecule has 1 atom stereocenters. The highest BCUT2D eigenvalue weighted by atomic mass is 16.5. The molecule has 2 aromatic heterocycles. The summed E-state index contributed by atoms with van der Waals surface area (Å²) in [7, 11) is 3.58. The second kappa shape index (κ2) is 10.3. The molecule has 0 spiro atoms. The first-order valence-electron chi connectivity index (χ1n) is 12.1. The molecule has 0 bridgehead atoms. The van der Waals surface area contributed by atoms with Crippen LogP contribution in [0.15, 0.2) is 60.7 Å². The number of amides is 1. The number of H-pyrrole nitrogens is 1. The number of aromatic hydroxyl groups is 1. The molecule has 0 radical (unpaired) electrons. The Labute approximate surface area is 214 Å². The van der Waals surface area contributed by atoms with Crippen molar-refractivity contribution in [1.29, 1.82) is 0 Å². The number of hydrogen-bond acceptors (Lipinski definition) is 6. The van der Waals surface area contributed by atoms with E-state index in [1.807, 2.05) is 54.9 Å². The van der Waals surface area contributed by atoms with Crippen LogP contribution < -0.4 is 10.1 Å². The fraction of sp³-hybridized carbons (Fsp3) is 0.250. The average Bonchev–Trinajstić information content (AvgIpc) is 3.47. The van der Waals surface area contributed by atoms with Gasteiger partial charge in [0.2, 0.25) is 0 Å². The van der Waals surface area contributed by atoms with Gasteiger partial charge in [-0.05, 0) is 43.3 Å². The Bertz CT molecular complexity index is 1570. The molecule has 5 rings (SSSR count). The van der Waals surface area contributed by atoms with E-state index in [0.717, 1.165) is 45.0 Å². The van der Waals surface area contributed by atoms with E-state index < -0.39 is 0 Å². The first kappa shape index (κ1) is 24.3. The summed E-state index contributed by atoms with van der Waals surface area (Å²) >= 11 is 0. The average molecular weight is 500 g/mol. The van der Waals surface area contributed by atoms with Gasteiger partial charge in [0, 0.05) is 31.4 Å². The zero-order valence-electron chi connectivity index (χ0n) is 21.0. The van der Waals surface area contributed by atoms with Crippen molar-refractivity contribution in [2.24, 2.45) is 7.05 Å². The van der Waals surface area contributed by atoms with Gasteiger partial charge in [0.25, 0.3) is 5.91 Å². The van der Waals surface area contributed by atoms with Crippen molar-refractivity contribution in [3.63, 3.8) is 0 Å². The molecule has 190 valence electrons. The summed E-state index contributed by atoms with van der Waals surface area (Å²) in [5.41, 5.74) is 4.72. The molecule has 0 saturated heterocycles. The molecule has 0 saturated carbocycles. The summed E-state index contributed by atoms with van der Waals surface area (Å²) in [6, 6.07) is 18.2. The van der Waals surface area contributed by atoms with Gasteiger partial charge < -0.3 is 29.4 Å². The maximum absolute atomic E-state index is 12.8. The number of nitrogens with zero attached hydrogens (tertiary/aromatic N) is 3. The second-order valence-electron chi connectivity index (χ2n) is 8.92. The SMILES string of the molecule is COCc1ccccc1OCCNC(=O)c1ccc2nc(C(C)c3nc4ccc(O)cc4[nH]3)n(C)c2c1. The van der Waals surface area contributed by atoms with Crippen LogP contribution in [-0.2, 0) is 18.4 Å². The molecule has 5 aromatic rings. The van der Waals surface area contributed by atoms with Crippen LogP contribution in [0.1, 0.15) is 40.4 Å². The van der Waals surface area contributed by atoms with Gasteiger partial charge in [-0.2, -0.15) is 0 Å². The Morgan fingerprint density at radius 2 is 1.92 bits per heavy atom. The number of fused-ring (bicyclic) bond motifs is 2. The number of ether oxygens (including phenoxy) is 2. The monoisotopic (exact) mass is 499 g/mol. The molecular formula is C28H29N5O4. The number of benzene rings is 3. The fourth-order valence-corrected chi connectivity index (χ4v) is 4.43. The third kappa shape index (κ3) is 4.99. The summed E-state index contributed by atoms with van der Waals surface area (Å²) in [5, 5.41) is 12.7. The summed E-state index contributed by atoms with van der Waals surface area (Å²) in [6.07, 6.45) is 0. The fourth-order valence-electron chi connectivity index (χ4n) is 4.43. The molecule has 3 N–H and O–H groups in total. The summed E-state index contributed by atoms with van der Waals surface area (Å²) < 4.78 is 13.0. The van der Waals surface area contributed by atoms with E-state index in [2.05, 4.69) is 15.3 Å². The van der Waals surface area contributed by atoms with Crippen molar-refractivity contribution < 1.29 is 19.4 Å². The van der Waals surface area contributed by atoms with E-state index in [4.69, 9.17) is 14.5 Å². The minimum atomic E-state index is -0.177. The van der Waals surface area contributed by atoms with Crippen molar-refractivity contribution in [1.82, 2.24) is 24.8 Å². The smallest absolute Gasteiger partial charge is 0.251 e. The number of aromatic amines is 1. The van der Waals surface area contributed by atoms with Crippen molar-refractivity contribution in [2.75, 3.05) is 20.3 Å². The molecular weight excluding hydrogens is 470 g/mol. The quantitative estimate of drug-likeness (QED) is 0.261. The molecule has 3 aromatic carbocycles. The number of para-hydroxylation sites is 1. The molecule has 0 aliphatic heterocycles. The zero-order chi connectivity index (χ0) is 25.9. The largest absolute Gasteiger partial charge is 0.508 e. The van der Waals surface area contributed by atoms with E-state index >= 15 is 0 Å². The number of imidazole rings is 2. The Kier molecular flexibility index (Phi) is 6.78. The van der Waals surface area contributed by atoms with Gasteiger partial charge >= 0.3 is 0 Å². The number of nitrogens with one attached hydrogen (secondary N) is 2. The van der Waals surface area contributed by atoms with Crippen LogP contribution in [0.3, 0.4) is 0 Å². The Morgan fingerprint density at radius 1 is 1.11 bits per heavy atom.